The van der Waals surface area contributed by atoms with Gasteiger partial charge in [0.1, 0.15) is 12.7 Å². The van der Waals surface area contributed by atoms with Gasteiger partial charge in [-0.1, -0.05) is 0 Å². The summed E-state index contributed by atoms with van der Waals surface area (Å²) in [7, 11) is 0. The van der Waals surface area contributed by atoms with E-state index in [1.165, 1.54) is 6.07 Å². The molecule has 1 fully saturated rings. The second kappa shape index (κ2) is 7.18. The highest BCUT2D eigenvalue weighted by atomic mass is 19.4. The van der Waals surface area contributed by atoms with Crippen molar-refractivity contribution in [1.29, 1.82) is 0 Å². The SMILES string of the molecule is FC(F)(F)c1nccc(OCC2CN(Cc3ccoc3)CCO2)n1. The zero-order valence-electron chi connectivity index (χ0n) is 12.7. The van der Waals surface area contributed by atoms with Crippen LogP contribution in [0.3, 0.4) is 0 Å². The number of furan rings is 1. The van der Waals surface area contributed by atoms with Crippen molar-refractivity contribution in [3.8, 4) is 5.88 Å². The van der Waals surface area contributed by atoms with Gasteiger partial charge in [-0.05, 0) is 6.07 Å². The molecule has 0 N–H and O–H groups in total. The van der Waals surface area contributed by atoms with Gasteiger partial charge in [-0.15, -0.1) is 0 Å². The number of ether oxygens (including phenoxy) is 2. The lowest BCUT2D eigenvalue weighted by Gasteiger charge is -2.32. The highest BCUT2D eigenvalue weighted by Crippen LogP contribution is 2.26. The van der Waals surface area contributed by atoms with Crippen LogP contribution in [0, 0.1) is 0 Å². The van der Waals surface area contributed by atoms with E-state index in [1.807, 2.05) is 6.07 Å². The Labute approximate surface area is 136 Å². The van der Waals surface area contributed by atoms with Crippen molar-refractivity contribution in [2.45, 2.75) is 18.8 Å². The van der Waals surface area contributed by atoms with E-state index in [9.17, 15) is 13.2 Å². The van der Waals surface area contributed by atoms with Gasteiger partial charge in [-0.3, -0.25) is 4.90 Å². The summed E-state index contributed by atoms with van der Waals surface area (Å²) in [6.45, 7) is 2.76. The van der Waals surface area contributed by atoms with Crippen molar-refractivity contribution in [3.05, 3.63) is 42.2 Å². The molecule has 0 bridgehead atoms. The van der Waals surface area contributed by atoms with Crippen LogP contribution in [0.5, 0.6) is 5.88 Å². The molecule has 9 heteroatoms. The van der Waals surface area contributed by atoms with Crippen molar-refractivity contribution in [2.75, 3.05) is 26.3 Å². The Morgan fingerprint density at radius 2 is 2.21 bits per heavy atom. The maximum absolute atomic E-state index is 12.6. The summed E-state index contributed by atoms with van der Waals surface area (Å²) >= 11 is 0. The van der Waals surface area contributed by atoms with E-state index in [2.05, 4.69) is 14.9 Å². The lowest BCUT2D eigenvalue weighted by Crippen LogP contribution is -2.44. The molecule has 0 spiro atoms. The molecule has 2 aromatic rings. The molecule has 0 aromatic carbocycles. The number of rotatable bonds is 5. The summed E-state index contributed by atoms with van der Waals surface area (Å²) in [5.41, 5.74) is 1.06. The fraction of sp³-hybridized carbons (Fsp3) is 0.467. The lowest BCUT2D eigenvalue weighted by atomic mass is 10.2. The molecule has 0 amide bonds. The first-order chi connectivity index (χ1) is 11.5. The van der Waals surface area contributed by atoms with Crippen LogP contribution in [-0.2, 0) is 17.5 Å². The average molecular weight is 343 g/mol. The van der Waals surface area contributed by atoms with Crippen LogP contribution < -0.4 is 4.74 Å². The first-order valence-corrected chi connectivity index (χ1v) is 7.39. The van der Waals surface area contributed by atoms with E-state index < -0.39 is 12.0 Å². The molecule has 1 aliphatic heterocycles. The minimum absolute atomic E-state index is 0.118. The molecule has 3 heterocycles. The van der Waals surface area contributed by atoms with Crippen molar-refractivity contribution in [3.63, 3.8) is 0 Å². The van der Waals surface area contributed by atoms with Crippen molar-refractivity contribution in [2.24, 2.45) is 0 Å². The summed E-state index contributed by atoms with van der Waals surface area (Å²) < 4.78 is 53.7. The zero-order valence-corrected chi connectivity index (χ0v) is 12.7. The topological polar surface area (TPSA) is 60.6 Å². The molecular weight excluding hydrogens is 327 g/mol. The second-order valence-electron chi connectivity index (χ2n) is 5.39. The van der Waals surface area contributed by atoms with Crippen LogP contribution in [0.15, 0.2) is 35.3 Å². The second-order valence-corrected chi connectivity index (χ2v) is 5.39. The summed E-state index contributed by atoms with van der Waals surface area (Å²) in [5.74, 6) is -1.33. The van der Waals surface area contributed by atoms with Gasteiger partial charge in [-0.25, -0.2) is 4.98 Å². The van der Waals surface area contributed by atoms with Gasteiger partial charge in [-0.2, -0.15) is 18.2 Å². The van der Waals surface area contributed by atoms with Crippen molar-refractivity contribution < 1.29 is 27.1 Å². The van der Waals surface area contributed by atoms with Crippen LogP contribution in [-0.4, -0.2) is 47.3 Å². The maximum Gasteiger partial charge on any atom is 0.451 e. The van der Waals surface area contributed by atoms with Gasteiger partial charge in [0.25, 0.3) is 0 Å². The molecule has 1 saturated heterocycles. The number of morpholine rings is 1. The molecule has 1 unspecified atom stereocenters. The van der Waals surface area contributed by atoms with E-state index in [4.69, 9.17) is 13.9 Å². The molecule has 1 aliphatic rings. The van der Waals surface area contributed by atoms with E-state index in [1.54, 1.807) is 12.5 Å². The molecule has 0 aliphatic carbocycles. The first-order valence-electron chi connectivity index (χ1n) is 7.39. The summed E-state index contributed by atoms with van der Waals surface area (Å²) in [6, 6.07) is 3.18. The average Bonchev–Trinajstić information content (AvgIpc) is 3.06. The number of hydrogen-bond acceptors (Lipinski definition) is 6. The minimum atomic E-state index is -4.60. The minimum Gasteiger partial charge on any atom is -0.475 e. The Bertz CT molecular complexity index is 649. The van der Waals surface area contributed by atoms with Gasteiger partial charge in [0.05, 0.1) is 19.1 Å². The van der Waals surface area contributed by atoms with Gasteiger partial charge < -0.3 is 13.9 Å². The molecule has 130 valence electrons. The smallest absolute Gasteiger partial charge is 0.451 e. The van der Waals surface area contributed by atoms with Crippen LogP contribution in [0.25, 0.3) is 0 Å². The summed E-state index contributed by atoms with van der Waals surface area (Å²) in [6.07, 6.45) is -0.514. The van der Waals surface area contributed by atoms with Gasteiger partial charge >= 0.3 is 6.18 Å². The van der Waals surface area contributed by atoms with E-state index in [0.717, 1.165) is 24.8 Å². The summed E-state index contributed by atoms with van der Waals surface area (Å²) in [4.78, 5) is 8.73. The van der Waals surface area contributed by atoms with Crippen LogP contribution in [0.1, 0.15) is 11.4 Å². The molecule has 0 saturated carbocycles. The lowest BCUT2D eigenvalue weighted by molar-refractivity contribution is -0.145. The van der Waals surface area contributed by atoms with Crippen LogP contribution in [0.2, 0.25) is 0 Å². The quantitative estimate of drug-likeness (QED) is 0.831. The Morgan fingerprint density at radius 1 is 1.33 bits per heavy atom. The Morgan fingerprint density at radius 3 is 2.96 bits per heavy atom. The molecule has 6 nitrogen and oxygen atoms in total. The molecule has 1 atom stereocenters. The van der Waals surface area contributed by atoms with Crippen LogP contribution >= 0.6 is 0 Å². The normalized spacial score (nSPS) is 19.4. The van der Waals surface area contributed by atoms with E-state index in [-0.39, 0.29) is 18.6 Å². The number of hydrogen-bond donors (Lipinski definition) is 0. The largest absolute Gasteiger partial charge is 0.475 e. The Hall–Kier alpha value is -2.13. The predicted molar refractivity (Wildman–Crippen MR) is 76.3 cm³/mol. The highest BCUT2D eigenvalue weighted by Gasteiger charge is 2.35. The molecule has 2 aromatic heterocycles. The Kier molecular flexibility index (Phi) is 5.00. The fourth-order valence-electron chi connectivity index (χ4n) is 2.40. The number of aromatic nitrogens is 2. The van der Waals surface area contributed by atoms with E-state index >= 15 is 0 Å². The third-order valence-electron chi connectivity index (χ3n) is 3.51. The first kappa shape index (κ1) is 16.7. The van der Waals surface area contributed by atoms with Gasteiger partial charge in [0, 0.05) is 37.5 Å². The van der Waals surface area contributed by atoms with Crippen molar-refractivity contribution in [1.82, 2.24) is 14.9 Å². The monoisotopic (exact) mass is 343 g/mol. The molecule has 0 radical (unpaired) electrons. The molecule has 24 heavy (non-hydrogen) atoms. The number of nitrogens with zero attached hydrogens (tertiary/aromatic N) is 3. The van der Waals surface area contributed by atoms with Crippen LogP contribution in [0.4, 0.5) is 13.2 Å². The van der Waals surface area contributed by atoms with E-state index in [0.29, 0.717) is 13.2 Å². The fourth-order valence-corrected chi connectivity index (χ4v) is 2.40. The van der Waals surface area contributed by atoms with Crippen molar-refractivity contribution >= 4 is 0 Å². The molecular formula is C15H16F3N3O3. The molecule has 3 rings (SSSR count). The number of halogens is 3. The summed E-state index contributed by atoms with van der Waals surface area (Å²) in [5, 5.41) is 0. The third-order valence-corrected chi connectivity index (χ3v) is 3.51. The number of alkyl halides is 3. The zero-order chi connectivity index (χ0) is 17.0. The van der Waals surface area contributed by atoms with Gasteiger partial charge in [0.2, 0.25) is 11.7 Å². The predicted octanol–water partition coefficient (Wildman–Crippen LogP) is 2.37. The maximum atomic E-state index is 12.6. The highest BCUT2D eigenvalue weighted by molar-refractivity contribution is 5.10. The third kappa shape index (κ3) is 4.45. The Balaban J connectivity index is 1.53. The standard InChI is InChI=1S/C15H16F3N3O3/c16-15(17,18)14-19-3-1-13(20-14)24-10-12-8-21(4-6-23-12)7-11-2-5-22-9-11/h1-3,5,9,12H,4,6-8,10H2. The van der Waals surface area contributed by atoms with Gasteiger partial charge in [0.15, 0.2) is 0 Å².